The Bertz CT molecular complexity index is 503. The smallest absolute Gasteiger partial charge is 0.387 e. The first-order chi connectivity index (χ1) is 9.34. The molecule has 1 N–H and O–H groups in total. The summed E-state index contributed by atoms with van der Waals surface area (Å²) >= 11 is 0. The van der Waals surface area contributed by atoms with Gasteiger partial charge < -0.3 is 4.74 Å². The summed E-state index contributed by atoms with van der Waals surface area (Å²) in [5.74, 6) is 0.130. The van der Waals surface area contributed by atoms with Crippen molar-refractivity contribution >= 4 is 10.0 Å². The minimum Gasteiger partial charge on any atom is -0.435 e. The summed E-state index contributed by atoms with van der Waals surface area (Å²) in [4.78, 5) is 0. The highest BCUT2D eigenvalue weighted by Gasteiger charge is 2.15. The van der Waals surface area contributed by atoms with Crippen LogP contribution in [0, 0.1) is 0 Å². The molecule has 1 atom stereocenters. The Morgan fingerprint density at radius 1 is 1.25 bits per heavy atom. The van der Waals surface area contributed by atoms with Gasteiger partial charge in [-0.3, -0.25) is 0 Å². The second kappa shape index (κ2) is 7.54. The molecule has 0 radical (unpaired) electrons. The van der Waals surface area contributed by atoms with Crippen LogP contribution >= 0.6 is 0 Å². The van der Waals surface area contributed by atoms with Crippen LogP contribution in [0.2, 0.25) is 0 Å². The fraction of sp³-hybridized carbons (Fsp3) is 0.538. The summed E-state index contributed by atoms with van der Waals surface area (Å²) in [6, 6.07) is 5.48. The van der Waals surface area contributed by atoms with Gasteiger partial charge in [-0.1, -0.05) is 25.5 Å². The van der Waals surface area contributed by atoms with Crippen molar-refractivity contribution in [2.24, 2.45) is 0 Å². The Labute approximate surface area is 118 Å². The van der Waals surface area contributed by atoms with Gasteiger partial charge in [0.15, 0.2) is 0 Å². The van der Waals surface area contributed by atoms with Crippen molar-refractivity contribution in [1.82, 2.24) is 4.72 Å². The largest absolute Gasteiger partial charge is 0.435 e. The zero-order valence-corrected chi connectivity index (χ0v) is 12.3. The third kappa shape index (κ3) is 5.83. The Hall–Kier alpha value is -1.21. The van der Waals surface area contributed by atoms with Gasteiger partial charge in [0, 0.05) is 6.04 Å². The van der Waals surface area contributed by atoms with E-state index in [1.807, 2.05) is 6.92 Å². The lowest BCUT2D eigenvalue weighted by atomic mass is 10.1. The number of unbranched alkanes of at least 4 members (excludes halogenated alkanes) is 1. The quantitative estimate of drug-likeness (QED) is 0.803. The highest BCUT2D eigenvalue weighted by atomic mass is 32.2. The molecule has 0 amide bonds. The van der Waals surface area contributed by atoms with E-state index in [-0.39, 0.29) is 11.5 Å². The third-order valence-corrected chi connectivity index (χ3v) is 4.27. The van der Waals surface area contributed by atoms with Gasteiger partial charge >= 0.3 is 6.61 Å². The third-order valence-electron chi connectivity index (χ3n) is 2.73. The Kier molecular flexibility index (Phi) is 6.35. The maximum atomic E-state index is 12.0. The van der Waals surface area contributed by atoms with E-state index in [0.29, 0.717) is 12.0 Å². The van der Waals surface area contributed by atoms with Crippen molar-refractivity contribution in [2.45, 2.75) is 39.3 Å². The maximum absolute atomic E-state index is 12.0. The van der Waals surface area contributed by atoms with Crippen LogP contribution in [0.25, 0.3) is 0 Å². The van der Waals surface area contributed by atoms with Crippen LogP contribution < -0.4 is 9.46 Å². The summed E-state index contributed by atoms with van der Waals surface area (Å²) in [5, 5.41) is 0. The SMILES string of the molecule is CCCCS(=O)(=O)N[C@@H](C)c1ccc(OC(F)F)cc1. The molecular formula is C13H19F2NO3S. The van der Waals surface area contributed by atoms with Gasteiger partial charge in [0.05, 0.1) is 5.75 Å². The first-order valence-corrected chi connectivity index (χ1v) is 8.04. The summed E-state index contributed by atoms with van der Waals surface area (Å²) in [5.41, 5.74) is 0.687. The molecule has 0 fully saturated rings. The number of nitrogens with one attached hydrogen (secondary N) is 1. The molecule has 0 aliphatic carbocycles. The van der Waals surface area contributed by atoms with Crippen molar-refractivity contribution in [3.05, 3.63) is 29.8 Å². The van der Waals surface area contributed by atoms with Gasteiger partial charge in [0.2, 0.25) is 10.0 Å². The van der Waals surface area contributed by atoms with E-state index in [1.165, 1.54) is 12.1 Å². The van der Waals surface area contributed by atoms with Crippen molar-refractivity contribution in [3.63, 3.8) is 0 Å². The molecule has 114 valence electrons. The fourth-order valence-electron chi connectivity index (χ4n) is 1.67. The van der Waals surface area contributed by atoms with Crippen LogP contribution in [-0.2, 0) is 10.0 Å². The number of benzene rings is 1. The second-order valence-electron chi connectivity index (χ2n) is 4.46. The monoisotopic (exact) mass is 307 g/mol. The number of rotatable bonds is 8. The molecule has 0 aliphatic heterocycles. The van der Waals surface area contributed by atoms with E-state index in [1.54, 1.807) is 19.1 Å². The van der Waals surface area contributed by atoms with E-state index in [2.05, 4.69) is 9.46 Å². The second-order valence-corrected chi connectivity index (χ2v) is 6.33. The molecule has 1 rings (SSSR count). The summed E-state index contributed by atoms with van der Waals surface area (Å²) in [6.07, 6.45) is 1.40. The zero-order chi connectivity index (χ0) is 15.2. The van der Waals surface area contributed by atoms with Crippen molar-refractivity contribution < 1.29 is 21.9 Å². The highest BCUT2D eigenvalue weighted by molar-refractivity contribution is 7.89. The Balaban J connectivity index is 2.65. The lowest BCUT2D eigenvalue weighted by molar-refractivity contribution is -0.0498. The minimum atomic E-state index is -3.32. The molecule has 0 unspecified atom stereocenters. The average Bonchev–Trinajstić information content (AvgIpc) is 2.36. The Morgan fingerprint density at radius 2 is 1.85 bits per heavy atom. The van der Waals surface area contributed by atoms with Crippen LogP contribution in [0.5, 0.6) is 5.75 Å². The Morgan fingerprint density at radius 3 is 2.35 bits per heavy atom. The van der Waals surface area contributed by atoms with E-state index < -0.39 is 22.7 Å². The molecule has 0 aromatic heterocycles. The summed E-state index contributed by atoms with van der Waals surface area (Å²) < 4.78 is 54.3. The van der Waals surface area contributed by atoms with Crippen LogP contribution in [0.1, 0.15) is 38.3 Å². The van der Waals surface area contributed by atoms with Gasteiger partial charge in [-0.25, -0.2) is 13.1 Å². The molecule has 0 saturated heterocycles. The van der Waals surface area contributed by atoms with Crippen LogP contribution in [0.15, 0.2) is 24.3 Å². The zero-order valence-electron chi connectivity index (χ0n) is 11.5. The molecule has 0 spiro atoms. The number of alkyl halides is 2. The predicted molar refractivity (Wildman–Crippen MR) is 73.3 cm³/mol. The summed E-state index contributed by atoms with van der Waals surface area (Å²) in [7, 11) is -3.32. The number of hydrogen-bond acceptors (Lipinski definition) is 3. The van der Waals surface area contributed by atoms with E-state index in [0.717, 1.165) is 6.42 Å². The average molecular weight is 307 g/mol. The van der Waals surface area contributed by atoms with E-state index in [9.17, 15) is 17.2 Å². The van der Waals surface area contributed by atoms with Gasteiger partial charge in [-0.15, -0.1) is 0 Å². The molecule has 1 aromatic carbocycles. The van der Waals surface area contributed by atoms with Crippen molar-refractivity contribution in [2.75, 3.05) is 5.75 Å². The standard InChI is InChI=1S/C13H19F2NO3S/c1-3-4-9-20(17,18)16-10(2)11-5-7-12(8-6-11)19-13(14)15/h5-8,10,13,16H,3-4,9H2,1-2H3/t10-/m0/s1. The number of halogens is 2. The maximum Gasteiger partial charge on any atom is 0.387 e. The van der Waals surface area contributed by atoms with E-state index >= 15 is 0 Å². The lowest BCUT2D eigenvalue weighted by Gasteiger charge is -2.15. The molecule has 0 saturated carbocycles. The number of ether oxygens (including phenoxy) is 1. The molecule has 7 heteroatoms. The molecule has 20 heavy (non-hydrogen) atoms. The van der Waals surface area contributed by atoms with Crippen molar-refractivity contribution in [3.8, 4) is 5.75 Å². The number of sulfonamides is 1. The van der Waals surface area contributed by atoms with Gasteiger partial charge in [0.1, 0.15) is 5.75 Å². The first kappa shape index (κ1) is 16.8. The van der Waals surface area contributed by atoms with Gasteiger partial charge in [-0.2, -0.15) is 8.78 Å². The lowest BCUT2D eigenvalue weighted by Crippen LogP contribution is -2.29. The summed E-state index contributed by atoms with van der Waals surface area (Å²) in [6.45, 7) is 0.749. The molecule has 4 nitrogen and oxygen atoms in total. The number of hydrogen-bond donors (Lipinski definition) is 1. The van der Waals surface area contributed by atoms with Crippen LogP contribution in [0.4, 0.5) is 8.78 Å². The highest BCUT2D eigenvalue weighted by Crippen LogP contribution is 2.19. The van der Waals surface area contributed by atoms with Gasteiger partial charge in [-0.05, 0) is 31.0 Å². The topological polar surface area (TPSA) is 55.4 Å². The predicted octanol–water partition coefficient (Wildman–Crippen LogP) is 3.07. The fourth-order valence-corrected chi connectivity index (χ4v) is 3.13. The normalized spacial score (nSPS) is 13.4. The van der Waals surface area contributed by atoms with E-state index in [4.69, 9.17) is 0 Å². The molecular weight excluding hydrogens is 288 g/mol. The molecule has 0 heterocycles. The van der Waals surface area contributed by atoms with Crippen LogP contribution in [0.3, 0.4) is 0 Å². The minimum absolute atomic E-state index is 0.0461. The first-order valence-electron chi connectivity index (χ1n) is 6.39. The molecule has 0 aliphatic rings. The van der Waals surface area contributed by atoms with Crippen LogP contribution in [-0.4, -0.2) is 20.8 Å². The van der Waals surface area contributed by atoms with Gasteiger partial charge in [0.25, 0.3) is 0 Å². The molecule has 0 bridgehead atoms. The van der Waals surface area contributed by atoms with Crippen molar-refractivity contribution in [1.29, 1.82) is 0 Å². The molecule has 1 aromatic rings.